The molecule has 0 radical (unpaired) electrons. The zero-order chi connectivity index (χ0) is 49.2. The van der Waals surface area contributed by atoms with E-state index in [0.717, 1.165) is 38.5 Å². The number of unbranched alkanes of at least 4 members (excludes halogenated alkanes) is 43. The van der Waals surface area contributed by atoms with Crippen LogP contribution in [0.3, 0.4) is 0 Å². The topological polar surface area (TPSA) is 61.8 Å². The van der Waals surface area contributed by atoms with Gasteiger partial charge in [-0.1, -0.05) is 283 Å². The highest BCUT2D eigenvalue weighted by atomic mass is 16.6. The normalized spacial score (nSPS) is 12.2. The van der Waals surface area contributed by atoms with E-state index in [2.05, 4.69) is 45.1 Å². The number of hydrogen-bond acceptors (Lipinski definition) is 5. The van der Waals surface area contributed by atoms with Crippen molar-refractivity contribution in [3.8, 4) is 0 Å². The highest BCUT2D eigenvalue weighted by Gasteiger charge is 2.16. The summed E-state index contributed by atoms with van der Waals surface area (Å²) in [5.41, 5.74) is 0. The molecule has 0 unspecified atom stereocenters. The van der Waals surface area contributed by atoms with E-state index in [1.54, 1.807) is 0 Å². The monoisotopic (exact) mass is 957 g/mol. The van der Waals surface area contributed by atoms with Gasteiger partial charge in [0, 0.05) is 19.4 Å². The molecule has 0 aromatic heterocycles. The Morgan fingerprint density at radius 2 is 0.515 bits per heavy atom. The van der Waals surface area contributed by atoms with Gasteiger partial charge in [-0.15, -0.1) is 0 Å². The van der Waals surface area contributed by atoms with Crippen LogP contribution in [0, 0.1) is 0 Å². The minimum Gasteiger partial charge on any atom is -0.463 e. The van der Waals surface area contributed by atoms with Crippen molar-refractivity contribution in [3.63, 3.8) is 0 Å². The summed E-state index contributed by atoms with van der Waals surface area (Å²) >= 11 is 0. The van der Waals surface area contributed by atoms with Crippen LogP contribution in [0.5, 0.6) is 0 Å². The fourth-order valence-electron chi connectivity index (χ4n) is 9.30. The third kappa shape index (κ3) is 57.0. The highest BCUT2D eigenvalue weighted by molar-refractivity contribution is 5.69. The maximum atomic E-state index is 12.7. The van der Waals surface area contributed by atoms with Gasteiger partial charge in [0.2, 0.25) is 0 Å². The predicted molar refractivity (Wildman–Crippen MR) is 298 cm³/mol. The van der Waals surface area contributed by atoms with E-state index >= 15 is 0 Å². The average molecular weight is 958 g/mol. The summed E-state index contributed by atoms with van der Waals surface area (Å²) in [5.74, 6) is -0.319. The lowest BCUT2D eigenvalue weighted by molar-refractivity contribution is -0.155. The first kappa shape index (κ1) is 66.4. The molecule has 0 fully saturated rings. The summed E-state index contributed by atoms with van der Waals surface area (Å²) in [5, 5.41) is 0. The standard InChI is InChI=1S/C63H120O5/c1-4-7-10-13-16-19-22-25-28-30-31-32-33-34-36-39-42-45-48-51-54-57-63(65)68-60-61(66-58-55-52-49-46-43-40-37-29-26-23-20-17-14-11-8-5-2)59-67-62(64)56-53-50-47-44-41-38-35-27-24-21-18-15-12-9-6-3/h21,24-25,28,61H,4-20,22-23,26-27,29-60H2,1-3H3/b24-21-,28-25-/t61-/m0/s1. The van der Waals surface area contributed by atoms with Crippen molar-refractivity contribution in [2.45, 2.75) is 348 Å². The van der Waals surface area contributed by atoms with Crippen LogP contribution in [0.4, 0.5) is 0 Å². The summed E-state index contributed by atoms with van der Waals surface area (Å²) in [6.45, 7) is 7.78. The van der Waals surface area contributed by atoms with E-state index in [0.29, 0.717) is 19.4 Å². The van der Waals surface area contributed by atoms with Crippen molar-refractivity contribution in [1.82, 2.24) is 0 Å². The molecule has 5 heteroatoms. The van der Waals surface area contributed by atoms with Crippen LogP contribution in [0.15, 0.2) is 24.3 Å². The summed E-state index contributed by atoms with van der Waals surface area (Å²) in [6.07, 6.45) is 72.3. The van der Waals surface area contributed by atoms with Gasteiger partial charge >= 0.3 is 11.9 Å². The number of esters is 2. The van der Waals surface area contributed by atoms with E-state index in [1.807, 2.05) is 0 Å². The molecule has 0 spiro atoms. The molecule has 0 amide bonds. The number of ether oxygens (including phenoxy) is 3. The second-order valence-electron chi connectivity index (χ2n) is 21.0. The summed E-state index contributed by atoms with van der Waals surface area (Å²) < 4.78 is 17.6. The molecule has 5 nitrogen and oxygen atoms in total. The molecule has 0 aliphatic carbocycles. The Morgan fingerprint density at radius 1 is 0.294 bits per heavy atom. The van der Waals surface area contributed by atoms with Crippen molar-refractivity contribution in [1.29, 1.82) is 0 Å². The molecule has 0 aliphatic heterocycles. The SMILES string of the molecule is CCCCCC/C=C\CCCCCCCCCC(=O)OC[C@@H](COC(=O)CCCCCCCCCCCCC/C=C\CCCCCCCC)OCCCCCCCCCCCCCCCCCC. The molecule has 0 bridgehead atoms. The molecule has 0 saturated heterocycles. The first-order chi connectivity index (χ1) is 33.6. The number of carbonyl (C=O) groups is 2. The Balaban J connectivity index is 4.18. The number of carbonyl (C=O) groups excluding carboxylic acids is 2. The van der Waals surface area contributed by atoms with Crippen molar-refractivity contribution >= 4 is 11.9 Å². The van der Waals surface area contributed by atoms with E-state index in [1.165, 1.54) is 270 Å². The highest BCUT2D eigenvalue weighted by Crippen LogP contribution is 2.17. The lowest BCUT2D eigenvalue weighted by atomic mass is 10.0. The zero-order valence-corrected chi connectivity index (χ0v) is 46.4. The van der Waals surface area contributed by atoms with Crippen LogP contribution < -0.4 is 0 Å². The summed E-state index contributed by atoms with van der Waals surface area (Å²) in [7, 11) is 0. The lowest BCUT2D eigenvalue weighted by Crippen LogP contribution is -2.29. The second kappa shape index (κ2) is 59.7. The van der Waals surface area contributed by atoms with Gasteiger partial charge in [0.15, 0.2) is 0 Å². The molecular weight excluding hydrogens is 837 g/mol. The van der Waals surface area contributed by atoms with Gasteiger partial charge in [0.05, 0.1) is 0 Å². The smallest absolute Gasteiger partial charge is 0.305 e. The zero-order valence-electron chi connectivity index (χ0n) is 46.4. The molecule has 0 aromatic carbocycles. The minimum atomic E-state index is -0.397. The third-order valence-electron chi connectivity index (χ3n) is 14.0. The molecule has 402 valence electrons. The van der Waals surface area contributed by atoms with E-state index in [9.17, 15) is 9.59 Å². The number of hydrogen-bond donors (Lipinski definition) is 0. The van der Waals surface area contributed by atoms with Crippen molar-refractivity contribution in [2.24, 2.45) is 0 Å². The van der Waals surface area contributed by atoms with Crippen molar-refractivity contribution in [3.05, 3.63) is 24.3 Å². The second-order valence-corrected chi connectivity index (χ2v) is 21.0. The van der Waals surface area contributed by atoms with E-state index in [4.69, 9.17) is 14.2 Å². The molecule has 68 heavy (non-hydrogen) atoms. The molecule has 0 N–H and O–H groups in total. The van der Waals surface area contributed by atoms with Gasteiger partial charge in [-0.2, -0.15) is 0 Å². The van der Waals surface area contributed by atoms with Crippen molar-refractivity contribution in [2.75, 3.05) is 19.8 Å². The van der Waals surface area contributed by atoms with Crippen LogP contribution in [0.1, 0.15) is 342 Å². The predicted octanol–water partition coefficient (Wildman–Crippen LogP) is 21.1. The van der Waals surface area contributed by atoms with Gasteiger partial charge in [0.1, 0.15) is 19.3 Å². The Kier molecular flexibility index (Phi) is 58.3. The Labute approximate surface area is 426 Å². The van der Waals surface area contributed by atoms with Gasteiger partial charge in [-0.3, -0.25) is 9.59 Å². The summed E-state index contributed by atoms with van der Waals surface area (Å²) in [6, 6.07) is 0. The minimum absolute atomic E-state index is 0.157. The van der Waals surface area contributed by atoms with Gasteiger partial charge in [-0.25, -0.2) is 0 Å². The van der Waals surface area contributed by atoms with Gasteiger partial charge in [-0.05, 0) is 70.6 Å². The Hall–Kier alpha value is -1.62. The fourth-order valence-corrected chi connectivity index (χ4v) is 9.30. The summed E-state index contributed by atoms with van der Waals surface area (Å²) in [4.78, 5) is 25.4. The molecule has 0 saturated carbocycles. The van der Waals surface area contributed by atoms with Gasteiger partial charge in [0.25, 0.3) is 0 Å². The maximum absolute atomic E-state index is 12.7. The Morgan fingerprint density at radius 3 is 0.794 bits per heavy atom. The van der Waals surface area contributed by atoms with Crippen molar-refractivity contribution < 1.29 is 23.8 Å². The van der Waals surface area contributed by atoms with E-state index in [-0.39, 0.29) is 25.2 Å². The fraction of sp³-hybridized carbons (Fsp3) is 0.905. The largest absolute Gasteiger partial charge is 0.463 e. The first-order valence-electron chi connectivity index (χ1n) is 30.9. The molecule has 0 aliphatic rings. The molecule has 1 atom stereocenters. The van der Waals surface area contributed by atoms with Crippen LogP contribution >= 0.6 is 0 Å². The first-order valence-corrected chi connectivity index (χ1v) is 30.9. The van der Waals surface area contributed by atoms with Gasteiger partial charge < -0.3 is 14.2 Å². The maximum Gasteiger partial charge on any atom is 0.305 e. The van der Waals surface area contributed by atoms with Crippen LogP contribution in [0.25, 0.3) is 0 Å². The van der Waals surface area contributed by atoms with Crippen LogP contribution in [-0.4, -0.2) is 37.9 Å². The molecule has 0 heterocycles. The third-order valence-corrected chi connectivity index (χ3v) is 14.0. The lowest BCUT2D eigenvalue weighted by Gasteiger charge is -2.18. The molecule has 0 aromatic rings. The van der Waals surface area contributed by atoms with Crippen LogP contribution in [-0.2, 0) is 23.8 Å². The number of rotatable bonds is 58. The van der Waals surface area contributed by atoms with E-state index < -0.39 is 6.10 Å². The molecule has 0 rings (SSSR count). The van der Waals surface area contributed by atoms with Crippen LogP contribution in [0.2, 0.25) is 0 Å². The molecular formula is C63H120O5. The number of allylic oxidation sites excluding steroid dienone is 4. The average Bonchev–Trinajstić information content (AvgIpc) is 3.34. The Bertz CT molecular complexity index is 1040. The quantitative estimate of drug-likeness (QED) is 0.0345.